The molecule has 112 valence electrons. The van der Waals surface area contributed by atoms with Gasteiger partial charge in [-0.25, -0.2) is 4.39 Å². The van der Waals surface area contributed by atoms with Crippen molar-refractivity contribution in [2.45, 2.75) is 38.6 Å². The second-order valence-corrected chi connectivity index (χ2v) is 6.04. The predicted molar refractivity (Wildman–Crippen MR) is 82.4 cm³/mol. The Bertz CT molecular complexity index is 438. The summed E-state index contributed by atoms with van der Waals surface area (Å²) in [5, 5.41) is 0.183. The quantitative estimate of drug-likeness (QED) is 0.910. The van der Waals surface area contributed by atoms with E-state index >= 15 is 0 Å². The van der Waals surface area contributed by atoms with Crippen molar-refractivity contribution in [1.82, 2.24) is 4.90 Å². The summed E-state index contributed by atoms with van der Waals surface area (Å²) in [5.41, 5.74) is 6.56. The van der Waals surface area contributed by atoms with Gasteiger partial charge in [0.2, 0.25) is 0 Å². The number of nitrogens with two attached hydrogens (primary N) is 1. The van der Waals surface area contributed by atoms with E-state index in [2.05, 4.69) is 11.8 Å². The number of nitrogens with zero attached hydrogens (tertiary/aromatic N) is 1. The van der Waals surface area contributed by atoms with Crippen LogP contribution in [-0.2, 0) is 0 Å². The Balaban J connectivity index is 2.17. The van der Waals surface area contributed by atoms with Gasteiger partial charge in [0.05, 0.1) is 5.02 Å². The molecule has 0 amide bonds. The van der Waals surface area contributed by atoms with Gasteiger partial charge in [0, 0.05) is 18.2 Å². The summed E-state index contributed by atoms with van der Waals surface area (Å²) in [7, 11) is 0. The van der Waals surface area contributed by atoms with Crippen molar-refractivity contribution in [1.29, 1.82) is 0 Å². The lowest BCUT2D eigenvalue weighted by Gasteiger charge is -2.30. The zero-order valence-electron chi connectivity index (χ0n) is 12.1. The highest BCUT2D eigenvalue weighted by atomic mass is 35.5. The molecule has 1 saturated heterocycles. The van der Waals surface area contributed by atoms with E-state index in [4.69, 9.17) is 17.3 Å². The van der Waals surface area contributed by atoms with Crippen molar-refractivity contribution in [2.24, 2.45) is 11.7 Å². The van der Waals surface area contributed by atoms with E-state index in [-0.39, 0.29) is 16.9 Å². The van der Waals surface area contributed by atoms with E-state index in [1.54, 1.807) is 18.2 Å². The van der Waals surface area contributed by atoms with Gasteiger partial charge in [-0.1, -0.05) is 37.1 Å². The molecule has 1 fully saturated rings. The lowest BCUT2D eigenvalue weighted by atomic mass is 9.98. The second kappa shape index (κ2) is 7.39. The van der Waals surface area contributed by atoms with Crippen molar-refractivity contribution in [3.05, 3.63) is 34.6 Å². The van der Waals surface area contributed by atoms with Crippen LogP contribution >= 0.6 is 11.6 Å². The fourth-order valence-electron chi connectivity index (χ4n) is 3.16. The van der Waals surface area contributed by atoms with Gasteiger partial charge in [0.15, 0.2) is 0 Å². The largest absolute Gasteiger partial charge is 0.329 e. The predicted octanol–water partition coefficient (Wildman–Crippen LogP) is 3.99. The molecular weight excluding hydrogens is 275 g/mol. The van der Waals surface area contributed by atoms with E-state index < -0.39 is 0 Å². The first kappa shape index (κ1) is 15.7. The molecule has 0 saturated carbocycles. The first-order chi connectivity index (χ1) is 9.67. The Morgan fingerprint density at radius 3 is 2.90 bits per heavy atom. The van der Waals surface area contributed by atoms with Crippen LogP contribution in [-0.4, -0.2) is 24.5 Å². The first-order valence-electron chi connectivity index (χ1n) is 7.55. The van der Waals surface area contributed by atoms with Crippen LogP contribution in [0.2, 0.25) is 5.02 Å². The molecule has 1 aliphatic rings. The molecule has 1 heterocycles. The highest BCUT2D eigenvalue weighted by Gasteiger charge is 2.25. The molecule has 1 aromatic rings. The minimum atomic E-state index is -0.319. The summed E-state index contributed by atoms with van der Waals surface area (Å²) in [4.78, 5) is 2.32. The summed E-state index contributed by atoms with van der Waals surface area (Å²) >= 11 is 5.90. The van der Waals surface area contributed by atoms with Crippen LogP contribution in [0.1, 0.15) is 44.2 Å². The molecular formula is C16H24ClFN2. The van der Waals surface area contributed by atoms with Crippen molar-refractivity contribution in [3.63, 3.8) is 0 Å². The van der Waals surface area contributed by atoms with Gasteiger partial charge in [-0.05, 0) is 44.3 Å². The van der Waals surface area contributed by atoms with E-state index in [1.807, 2.05) is 0 Å². The Morgan fingerprint density at radius 2 is 2.20 bits per heavy atom. The Morgan fingerprint density at radius 1 is 1.40 bits per heavy atom. The molecule has 2 atom stereocenters. The molecule has 0 aromatic heterocycles. The molecule has 0 aliphatic carbocycles. The summed E-state index contributed by atoms with van der Waals surface area (Å²) in [5.74, 6) is 0.475. The molecule has 1 aromatic carbocycles. The molecule has 0 bridgehead atoms. The van der Waals surface area contributed by atoms with Crippen LogP contribution < -0.4 is 5.73 Å². The normalized spacial score (nSPS) is 22.5. The van der Waals surface area contributed by atoms with Gasteiger partial charge in [-0.2, -0.15) is 0 Å². The SMILES string of the molecule is CCC1CCCN(C(CN)c2cccc(Cl)c2F)CC1. The van der Waals surface area contributed by atoms with Gasteiger partial charge in [-0.3, -0.25) is 4.90 Å². The second-order valence-electron chi connectivity index (χ2n) is 5.64. The summed E-state index contributed by atoms with van der Waals surface area (Å²) < 4.78 is 14.2. The highest BCUT2D eigenvalue weighted by molar-refractivity contribution is 6.30. The molecule has 2 N–H and O–H groups in total. The number of likely N-dealkylation sites (tertiary alicyclic amines) is 1. The van der Waals surface area contributed by atoms with Crippen LogP contribution in [0.3, 0.4) is 0 Å². The zero-order valence-corrected chi connectivity index (χ0v) is 12.9. The minimum Gasteiger partial charge on any atom is -0.329 e. The summed E-state index contributed by atoms with van der Waals surface area (Å²) in [6, 6.07) is 5.13. The standard InChI is InChI=1S/C16H24ClFN2/c1-2-12-5-4-9-20(10-8-12)15(11-19)13-6-3-7-14(17)16(13)18/h3,6-7,12,15H,2,4-5,8-11,19H2,1H3. The van der Waals surface area contributed by atoms with Gasteiger partial charge in [0.25, 0.3) is 0 Å². The third kappa shape index (κ3) is 3.51. The average molecular weight is 299 g/mol. The Kier molecular flexibility index (Phi) is 5.82. The molecule has 2 nitrogen and oxygen atoms in total. The van der Waals surface area contributed by atoms with Crippen LogP contribution in [0.15, 0.2) is 18.2 Å². The number of hydrogen-bond donors (Lipinski definition) is 1. The van der Waals surface area contributed by atoms with Crippen molar-refractivity contribution in [2.75, 3.05) is 19.6 Å². The van der Waals surface area contributed by atoms with Crippen molar-refractivity contribution < 1.29 is 4.39 Å². The van der Waals surface area contributed by atoms with Gasteiger partial charge >= 0.3 is 0 Å². The number of rotatable bonds is 4. The summed E-state index contributed by atoms with van der Waals surface area (Å²) in [6.45, 7) is 4.65. The number of halogens is 2. The molecule has 0 radical (unpaired) electrons. The highest BCUT2D eigenvalue weighted by Crippen LogP contribution is 2.30. The fraction of sp³-hybridized carbons (Fsp3) is 0.625. The van der Waals surface area contributed by atoms with E-state index in [0.717, 1.165) is 25.4 Å². The molecule has 2 unspecified atom stereocenters. The Labute approximate surface area is 126 Å². The molecule has 0 spiro atoms. The van der Waals surface area contributed by atoms with Gasteiger partial charge in [0.1, 0.15) is 5.82 Å². The maximum absolute atomic E-state index is 14.2. The van der Waals surface area contributed by atoms with Crippen molar-refractivity contribution >= 4 is 11.6 Å². The van der Waals surface area contributed by atoms with E-state index in [0.29, 0.717) is 12.1 Å². The monoisotopic (exact) mass is 298 g/mol. The van der Waals surface area contributed by atoms with Crippen LogP contribution in [0, 0.1) is 11.7 Å². The van der Waals surface area contributed by atoms with Crippen molar-refractivity contribution in [3.8, 4) is 0 Å². The summed E-state index contributed by atoms with van der Waals surface area (Å²) in [6.07, 6.45) is 4.83. The molecule has 2 rings (SSSR count). The number of hydrogen-bond acceptors (Lipinski definition) is 2. The minimum absolute atomic E-state index is 0.0655. The smallest absolute Gasteiger partial charge is 0.146 e. The zero-order chi connectivity index (χ0) is 14.5. The average Bonchev–Trinajstić information content (AvgIpc) is 2.70. The maximum Gasteiger partial charge on any atom is 0.146 e. The molecule has 20 heavy (non-hydrogen) atoms. The lowest BCUT2D eigenvalue weighted by Crippen LogP contribution is -2.35. The first-order valence-corrected chi connectivity index (χ1v) is 7.93. The third-order valence-corrected chi connectivity index (χ3v) is 4.76. The Hall–Kier alpha value is -0.640. The molecule has 4 heteroatoms. The third-order valence-electron chi connectivity index (χ3n) is 4.46. The van der Waals surface area contributed by atoms with E-state index in [9.17, 15) is 4.39 Å². The van der Waals surface area contributed by atoms with Crippen LogP contribution in [0.5, 0.6) is 0 Å². The topological polar surface area (TPSA) is 29.3 Å². The maximum atomic E-state index is 14.2. The van der Waals surface area contributed by atoms with Crippen LogP contribution in [0.25, 0.3) is 0 Å². The van der Waals surface area contributed by atoms with Gasteiger partial charge < -0.3 is 5.73 Å². The lowest BCUT2D eigenvalue weighted by molar-refractivity contribution is 0.203. The number of benzene rings is 1. The van der Waals surface area contributed by atoms with E-state index in [1.165, 1.54) is 19.3 Å². The van der Waals surface area contributed by atoms with Gasteiger partial charge in [-0.15, -0.1) is 0 Å². The van der Waals surface area contributed by atoms with Crippen LogP contribution in [0.4, 0.5) is 4.39 Å². The molecule has 1 aliphatic heterocycles. The fourth-order valence-corrected chi connectivity index (χ4v) is 3.34.